The summed E-state index contributed by atoms with van der Waals surface area (Å²) in [6, 6.07) is 12.6. The molecule has 1 unspecified atom stereocenters. The first-order valence-corrected chi connectivity index (χ1v) is 9.38. The van der Waals surface area contributed by atoms with Crippen LogP contribution in [0, 0.1) is 0 Å². The van der Waals surface area contributed by atoms with Crippen LogP contribution in [0.4, 0.5) is 0 Å². The topological polar surface area (TPSA) is 78.9 Å². The number of hydrogen-bond donors (Lipinski definition) is 2. The maximum atomic E-state index is 12.5. The largest absolute Gasteiger partial charge is 0.508 e. The quantitative estimate of drug-likeness (QED) is 0.778. The molecule has 1 amide bonds. The number of carbonyl (C=O) groups is 2. The predicted octanol–water partition coefficient (Wildman–Crippen LogP) is 2.86. The van der Waals surface area contributed by atoms with Crippen LogP contribution in [0.2, 0.25) is 0 Å². The Bertz CT molecular complexity index is 863. The molecule has 1 aliphatic rings. The minimum atomic E-state index is -0.493. The average molecular weight is 382 g/mol. The van der Waals surface area contributed by atoms with Crippen molar-refractivity contribution < 1.29 is 19.4 Å². The monoisotopic (exact) mass is 382 g/mol. The van der Waals surface area contributed by atoms with E-state index in [0.29, 0.717) is 13.1 Å². The van der Waals surface area contributed by atoms with Gasteiger partial charge in [0.2, 0.25) is 5.91 Å². The Morgan fingerprint density at radius 1 is 1.25 bits per heavy atom. The van der Waals surface area contributed by atoms with Gasteiger partial charge in [0.15, 0.2) is 0 Å². The zero-order valence-corrected chi connectivity index (χ0v) is 16.4. The van der Waals surface area contributed by atoms with Gasteiger partial charge in [-0.3, -0.25) is 9.69 Å². The van der Waals surface area contributed by atoms with Gasteiger partial charge < -0.3 is 15.2 Å². The van der Waals surface area contributed by atoms with Gasteiger partial charge in [0.25, 0.3) is 0 Å². The van der Waals surface area contributed by atoms with E-state index in [-0.39, 0.29) is 23.7 Å². The van der Waals surface area contributed by atoms with Gasteiger partial charge in [0, 0.05) is 20.0 Å². The van der Waals surface area contributed by atoms with E-state index in [4.69, 9.17) is 4.74 Å². The Morgan fingerprint density at radius 3 is 2.61 bits per heavy atom. The first-order valence-electron chi connectivity index (χ1n) is 9.38. The second-order valence-corrected chi connectivity index (χ2v) is 7.19. The van der Waals surface area contributed by atoms with Crippen molar-refractivity contribution >= 4 is 11.9 Å². The lowest BCUT2D eigenvalue weighted by Crippen LogP contribution is -2.39. The fourth-order valence-corrected chi connectivity index (χ4v) is 3.76. The van der Waals surface area contributed by atoms with Crippen LogP contribution in [-0.2, 0) is 27.3 Å². The summed E-state index contributed by atoms with van der Waals surface area (Å²) < 4.78 is 5.05. The van der Waals surface area contributed by atoms with Crippen LogP contribution in [0.1, 0.15) is 48.2 Å². The Hall–Kier alpha value is -2.86. The molecule has 2 atom stereocenters. The molecule has 0 spiro atoms. The molecule has 6 heteroatoms. The number of phenols is 1. The van der Waals surface area contributed by atoms with Crippen molar-refractivity contribution in [2.24, 2.45) is 0 Å². The van der Waals surface area contributed by atoms with Crippen molar-refractivity contribution in [3.63, 3.8) is 0 Å². The SMILES string of the molecule is COC(=O)C1c2ccc(O)cc2CCN1Cc1ccc([C@H](C)NC(C)=O)cc1. The van der Waals surface area contributed by atoms with E-state index >= 15 is 0 Å². The number of fused-ring (bicyclic) bond motifs is 1. The van der Waals surface area contributed by atoms with Gasteiger partial charge in [-0.25, -0.2) is 4.79 Å². The fraction of sp³-hybridized carbons (Fsp3) is 0.364. The summed E-state index contributed by atoms with van der Waals surface area (Å²) in [5.41, 5.74) is 3.97. The van der Waals surface area contributed by atoms with Crippen LogP contribution >= 0.6 is 0 Å². The minimum absolute atomic E-state index is 0.0519. The molecule has 3 rings (SSSR count). The molecule has 0 fully saturated rings. The minimum Gasteiger partial charge on any atom is -0.508 e. The van der Waals surface area contributed by atoms with E-state index in [1.54, 1.807) is 18.2 Å². The van der Waals surface area contributed by atoms with E-state index < -0.39 is 6.04 Å². The maximum Gasteiger partial charge on any atom is 0.327 e. The molecule has 2 aromatic rings. The molecule has 1 heterocycles. The lowest BCUT2D eigenvalue weighted by molar-refractivity contribution is -0.148. The Morgan fingerprint density at radius 2 is 1.96 bits per heavy atom. The number of hydrogen-bond acceptors (Lipinski definition) is 5. The number of phenolic OH excluding ortho intramolecular Hbond substituents is 1. The zero-order valence-electron chi connectivity index (χ0n) is 16.4. The van der Waals surface area contributed by atoms with E-state index in [2.05, 4.69) is 10.2 Å². The lowest BCUT2D eigenvalue weighted by Gasteiger charge is -2.35. The number of methoxy groups -OCH3 is 1. The van der Waals surface area contributed by atoms with Crippen LogP contribution < -0.4 is 5.32 Å². The van der Waals surface area contributed by atoms with Gasteiger partial charge in [-0.2, -0.15) is 0 Å². The molecule has 6 nitrogen and oxygen atoms in total. The van der Waals surface area contributed by atoms with E-state index in [0.717, 1.165) is 28.7 Å². The van der Waals surface area contributed by atoms with Crippen LogP contribution in [0.3, 0.4) is 0 Å². The number of nitrogens with zero attached hydrogens (tertiary/aromatic N) is 1. The molecule has 0 saturated heterocycles. The van der Waals surface area contributed by atoms with Crippen LogP contribution in [-0.4, -0.2) is 35.5 Å². The Balaban J connectivity index is 1.80. The highest BCUT2D eigenvalue weighted by atomic mass is 16.5. The summed E-state index contributed by atoms with van der Waals surface area (Å²) in [4.78, 5) is 25.8. The van der Waals surface area contributed by atoms with Gasteiger partial charge in [-0.1, -0.05) is 30.3 Å². The maximum absolute atomic E-state index is 12.5. The van der Waals surface area contributed by atoms with Crippen molar-refractivity contribution in [3.05, 3.63) is 64.7 Å². The molecule has 1 aliphatic heterocycles. The van der Waals surface area contributed by atoms with Gasteiger partial charge >= 0.3 is 5.97 Å². The predicted molar refractivity (Wildman–Crippen MR) is 106 cm³/mol. The number of esters is 1. The molecule has 0 aliphatic carbocycles. The molecular formula is C22H26N2O4. The van der Waals surface area contributed by atoms with E-state index in [9.17, 15) is 14.7 Å². The summed E-state index contributed by atoms with van der Waals surface area (Å²) >= 11 is 0. The van der Waals surface area contributed by atoms with Crippen molar-refractivity contribution in [2.75, 3.05) is 13.7 Å². The molecule has 148 valence electrons. The fourth-order valence-electron chi connectivity index (χ4n) is 3.76. The number of aromatic hydroxyl groups is 1. The summed E-state index contributed by atoms with van der Waals surface area (Å²) in [5.74, 6) is -0.155. The van der Waals surface area contributed by atoms with E-state index in [1.165, 1.54) is 14.0 Å². The summed E-state index contributed by atoms with van der Waals surface area (Å²) in [6.07, 6.45) is 0.759. The highest BCUT2D eigenvalue weighted by molar-refractivity contribution is 5.78. The number of amides is 1. The number of ether oxygens (including phenoxy) is 1. The van der Waals surface area contributed by atoms with Gasteiger partial charge in [0.1, 0.15) is 11.8 Å². The van der Waals surface area contributed by atoms with Crippen molar-refractivity contribution in [2.45, 2.75) is 38.9 Å². The van der Waals surface area contributed by atoms with Crippen LogP contribution in [0.5, 0.6) is 5.75 Å². The smallest absolute Gasteiger partial charge is 0.327 e. The molecule has 28 heavy (non-hydrogen) atoms. The number of nitrogens with one attached hydrogen (secondary N) is 1. The molecular weight excluding hydrogens is 356 g/mol. The normalized spacial score (nSPS) is 17.5. The third kappa shape index (κ3) is 4.34. The van der Waals surface area contributed by atoms with Crippen molar-refractivity contribution in [3.8, 4) is 5.75 Å². The van der Waals surface area contributed by atoms with Gasteiger partial charge in [-0.15, -0.1) is 0 Å². The summed E-state index contributed by atoms with van der Waals surface area (Å²) in [7, 11) is 1.40. The lowest BCUT2D eigenvalue weighted by atomic mass is 9.91. The van der Waals surface area contributed by atoms with E-state index in [1.807, 2.05) is 31.2 Å². The molecule has 0 radical (unpaired) electrons. The highest BCUT2D eigenvalue weighted by Gasteiger charge is 2.34. The average Bonchev–Trinajstić information content (AvgIpc) is 2.67. The Kier molecular flexibility index (Phi) is 5.99. The number of benzene rings is 2. The first-order chi connectivity index (χ1) is 13.4. The molecule has 2 aromatic carbocycles. The second-order valence-electron chi connectivity index (χ2n) is 7.19. The molecule has 0 aromatic heterocycles. The molecule has 0 saturated carbocycles. The third-order valence-electron chi connectivity index (χ3n) is 5.16. The van der Waals surface area contributed by atoms with Crippen LogP contribution in [0.15, 0.2) is 42.5 Å². The number of carbonyl (C=O) groups excluding carboxylic acids is 2. The Labute approximate surface area is 165 Å². The molecule has 0 bridgehead atoms. The third-order valence-corrected chi connectivity index (χ3v) is 5.16. The standard InChI is InChI=1S/C22H26N2O4/c1-14(23-15(2)25)17-6-4-16(5-7-17)13-24-11-10-18-12-19(26)8-9-20(18)21(24)22(27)28-3/h4-9,12,14,21,26H,10-11,13H2,1-3H3,(H,23,25)/t14-,21?/m0/s1. The molecule has 2 N–H and O–H groups in total. The van der Waals surface area contributed by atoms with Gasteiger partial charge in [0.05, 0.1) is 13.2 Å². The van der Waals surface area contributed by atoms with Gasteiger partial charge in [-0.05, 0) is 47.7 Å². The first kappa shape index (κ1) is 19.9. The van der Waals surface area contributed by atoms with Crippen molar-refractivity contribution in [1.29, 1.82) is 0 Å². The number of rotatable bonds is 5. The summed E-state index contributed by atoms with van der Waals surface area (Å²) in [6.45, 7) is 4.75. The van der Waals surface area contributed by atoms with Crippen molar-refractivity contribution in [1.82, 2.24) is 10.2 Å². The summed E-state index contributed by atoms with van der Waals surface area (Å²) in [5, 5.41) is 12.6. The second kappa shape index (κ2) is 8.44. The zero-order chi connectivity index (χ0) is 20.3. The van der Waals surface area contributed by atoms with Crippen LogP contribution in [0.25, 0.3) is 0 Å². The highest BCUT2D eigenvalue weighted by Crippen LogP contribution is 2.33.